The molecule has 0 N–H and O–H groups in total. The lowest BCUT2D eigenvalue weighted by Gasteiger charge is -2.17. The minimum atomic E-state index is -0.844. The SMILES string of the molecule is CC(=O)OC(C[SiH2]c1ccc([SiH2]CC(OC(C)=O)OC(C)=O)cc1)OC(C)=O. The fraction of sp³-hybridized carbons (Fsp3) is 0.444. The van der Waals surface area contributed by atoms with E-state index in [0.29, 0.717) is 12.1 Å². The second kappa shape index (κ2) is 12.1. The first-order valence-electron chi connectivity index (χ1n) is 8.92. The normalized spacial score (nSPS) is 11.4. The molecule has 1 rings (SSSR count). The Kier molecular flexibility index (Phi) is 10.2. The molecule has 0 aliphatic heterocycles. The molecule has 0 bridgehead atoms. The van der Waals surface area contributed by atoms with Crippen molar-refractivity contribution < 1.29 is 38.1 Å². The molecule has 154 valence electrons. The standard InChI is InChI=1S/C18H26O8Si2/c1-11(19)23-17(24-12(2)20)9-27-15-5-7-16(8-6-15)28-10-18(25-13(3)21)26-14(4)22/h5-8,17-18H,9-10,27-28H2,1-4H3. The first-order valence-corrected chi connectivity index (χ1v) is 12.3. The first-order chi connectivity index (χ1) is 13.2. The molecule has 0 heterocycles. The van der Waals surface area contributed by atoms with E-state index in [1.54, 1.807) is 0 Å². The van der Waals surface area contributed by atoms with Crippen LogP contribution in [-0.2, 0) is 38.1 Å². The van der Waals surface area contributed by atoms with Crippen LogP contribution in [0.2, 0.25) is 12.1 Å². The van der Waals surface area contributed by atoms with Crippen LogP contribution in [0.4, 0.5) is 0 Å². The molecule has 0 saturated carbocycles. The fourth-order valence-corrected chi connectivity index (χ4v) is 5.21. The number of carbonyl (C=O) groups excluding carboxylic acids is 4. The average molecular weight is 427 g/mol. The Balaban J connectivity index is 2.57. The number of esters is 4. The van der Waals surface area contributed by atoms with E-state index in [-0.39, 0.29) is 0 Å². The highest BCUT2D eigenvalue weighted by atomic mass is 28.2. The van der Waals surface area contributed by atoms with Gasteiger partial charge in [-0.15, -0.1) is 0 Å². The van der Waals surface area contributed by atoms with E-state index >= 15 is 0 Å². The van der Waals surface area contributed by atoms with Gasteiger partial charge in [0, 0.05) is 39.8 Å². The van der Waals surface area contributed by atoms with Crippen LogP contribution in [0.3, 0.4) is 0 Å². The summed E-state index contributed by atoms with van der Waals surface area (Å²) in [6.45, 7) is 5.10. The van der Waals surface area contributed by atoms with Gasteiger partial charge in [-0.3, -0.25) is 19.2 Å². The molecular formula is C18H26O8Si2. The van der Waals surface area contributed by atoms with Crippen molar-refractivity contribution in [2.75, 3.05) is 0 Å². The summed E-state index contributed by atoms with van der Waals surface area (Å²) in [6.07, 6.45) is -1.69. The molecule has 0 saturated heterocycles. The van der Waals surface area contributed by atoms with Gasteiger partial charge in [0.2, 0.25) is 12.6 Å². The molecule has 10 heteroatoms. The molecular weight excluding hydrogens is 400 g/mol. The Hall–Kier alpha value is -2.47. The van der Waals surface area contributed by atoms with E-state index < -0.39 is 55.5 Å². The Morgan fingerprint density at radius 1 is 0.643 bits per heavy atom. The predicted molar refractivity (Wildman–Crippen MR) is 107 cm³/mol. The molecule has 0 aromatic heterocycles. The Bertz CT molecular complexity index is 598. The first kappa shape index (κ1) is 23.6. The zero-order valence-electron chi connectivity index (χ0n) is 16.6. The van der Waals surface area contributed by atoms with Crippen LogP contribution in [0.5, 0.6) is 0 Å². The van der Waals surface area contributed by atoms with E-state index in [4.69, 9.17) is 18.9 Å². The van der Waals surface area contributed by atoms with Crippen molar-refractivity contribution in [1.82, 2.24) is 0 Å². The molecule has 28 heavy (non-hydrogen) atoms. The number of hydrogen-bond acceptors (Lipinski definition) is 8. The summed E-state index contributed by atoms with van der Waals surface area (Å²) < 4.78 is 20.0. The average Bonchev–Trinajstić information content (AvgIpc) is 2.56. The maximum Gasteiger partial charge on any atom is 0.305 e. The van der Waals surface area contributed by atoms with E-state index in [1.165, 1.54) is 27.7 Å². The Labute approximate surface area is 168 Å². The molecule has 8 nitrogen and oxygen atoms in total. The molecule has 0 fully saturated rings. The topological polar surface area (TPSA) is 105 Å². The second-order valence-electron chi connectivity index (χ2n) is 6.19. The molecule has 0 unspecified atom stereocenters. The third-order valence-electron chi connectivity index (χ3n) is 3.55. The fourth-order valence-electron chi connectivity index (χ4n) is 2.47. The molecule has 0 amide bonds. The van der Waals surface area contributed by atoms with Crippen LogP contribution in [0, 0.1) is 0 Å². The molecule has 1 aromatic rings. The zero-order chi connectivity index (χ0) is 21.1. The molecule has 0 aliphatic carbocycles. The highest BCUT2D eigenvalue weighted by Crippen LogP contribution is 2.04. The predicted octanol–water partition coefficient (Wildman–Crippen LogP) is -0.984. The van der Waals surface area contributed by atoms with Crippen molar-refractivity contribution in [2.24, 2.45) is 0 Å². The maximum absolute atomic E-state index is 11.1. The summed E-state index contributed by atoms with van der Waals surface area (Å²) in [5, 5.41) is 2.28. The summed E-state index contributed by atoms with van der Waals surface area (Å²) in [5.41, 5.74) is 0. The van der Waals surface area contributed by atoms with Gasteiger partial charge in [0.25, 0.3) is 0 Å². The number of carbonyl (C=O) groups is 4. The van der Waals surface area contributed by atoms with Crippen LogP contribution >= 0.6 is 0 Å². The van der Waals surface area contributed by atoms with Gasteiger partial charge in [-0.05, 0) is 0 Å². The summed E-state index contributed by atoms with van der Waals surface area (Å²) in [5.74, 6) is -1.96. The highest BCUT2D eigenvalue weighted by molar-refractivity contribution is 6.55. The molecule has 1 aromatic carbocycles. The van der Waals surface area contributed by atoms with Crippen LogP contribution in [-0.4, -0.2) is 55.5 Å². The van der Waals surface area contributed by atoms with Crippen molar-refractivity contribution in [3.05, 3.63) is 24.3 Å². The van der Waals surface area contributed by atoms with Gasteiger partial charge in [-0.2, -0.15) is 0 Å². The monoisotopic (exact) mass is 426 g/mol. The number of benzene rings is 1. The highest BCUT2D eigenvalue weighted by Gasteiger charge is 2.17. The van der Waals surface area contributed by atoms with Crippen molar-refractivity contribution in [2.45, 2.75) is 52.4 Å². The molecule has 0 spiro atoms. The summed E-state index contributed by atoms with van der Waals surface area (Å²) in [7, 11) is -1.60. The minimum Gasteiger partial charge on any atom is -0.426 e. The van der Waals surface area contributed by atoms with Crippen LogP contribution in [0.15, 0.2) is 24.3 Å². The van der Waals surface area contributed by atoms with Gasteiger partial charge >= 0.3 is 23.9 Å². The Morgan fingerprint density at radius 2 is 0.893 bits per heavy atom. The minimum absolute atomic E-state index is 0.489. The number of hydrogen-bond donors (Lipinski definition) is 0. The zero-order valence-corrected chi connectivity index (χ0v) is 19.4. The molecule has 0 atom stereocenters. The summed E-state index contributed by atoms with van der Waals surface area (Å²) in [4.78, 5) is 44.4. The van der Waals surface area contributed by atoms with E-state index in [0.717, 1.165) is 10.4 Å². The number of rotatable bonds is 10. The van der Waals surface area contributed by atoms with Gasteiger partial charge < -0.3 is 18.9 Å². The smallest absolute Gasteiger partial charge is 0.305 e. The van der Waals surface area contributed by atoms with E-state index in [1.807, 2.05) is 24.3 Å². The lowest BCUT2D eigenvalue weighted by atomic mass is 10.4. The van der Waals surface area contributed by atoms with Crippen molar-refractivity contribution >= 4 is 53.3 Å². The summed E-state index contributed by atoms with van der Waals surface area (Å²) in [6, 6.07) is 8.99. The van der Waals surface area contributed by atoms with Gasteiger partial charge in [0.1, 0.15) is 0 Å². The molecule has 0 aliphatic rings. The quantitative estimate of drug-likeness (QED) is 0.267. The van der Waals surface area contributed by atoms with Gasteiger partial charge in [0.05, 0.1) is 19.0 Å². The summed E-state index contributed by atoms with van der Waals surface area (Å²) >= 11 is 0. The van der Waals surface area contributed by atoms with E-state index in [2.05, 4.69) is 0 Å². The van der Waals surface area contributed by atoms with Crippen LogP contribution < -0.4 is 10.4 Å². The van der Waals surface area contributed by atoms with Crippen molar-refractivity contribution in [3.8, 4) is 0 Å². The van der Waals surface area contributed by atoms with Gasteiger partial charge in [0.15, 0.2) is 0 Å². The van der Waals surface area contributed by atoms with E-state index in [9.17, 15) is 19.2 Å². The Morgan fingerprint density at radius 3 is 1.11 bits per heavy atom. The van der Waals surface area contributed by atoms with Gasteiger partial charge in [-0.25, -0.2) is 0 Å². The number of ether oxygens (including phenoxy) is 4. The van der Waals surface area contributed by atoms with Crippen molar-refractivity contribution in [1.29, 1.82) is 0 Å². The third-order valence-corrected chi connectivity index (χ3v) is 7.17. The van der Waals surface area contributed by atoms with Gasteiger partial charge in [-0.1, -0.05) is 34.6 Å². The van der Waals surface area contributed by atoms with Crippen LogP contribution in [0.1, 0.15) is 27.7 Å². The maximum atomic E-state index is 11.1. The second-order valence-corrected chi connectivity index (χ2v) is 9.98. The molecule has 0 radical (unpaired) electrons. The third kappa shape index (κ3) is 10.6. The van der Waals surface area contributed by atoms with Crippen molar-refractivity contribution in [3.63, 3.8) is 0 Å². The lowest BCUT2D eigenvalue weighted by Crippen LogP contribution is -2.29. The largest absolute Gasteiger partial charge is 0.426 e. The van der Waals surface area contributed by atoms with Crippen LogP contribution in [0.25, 0.3) is 0 Å². The lowest BCUT2D eigenvalue weighted by molar-refractivity contribution is -0.183.